The average Bonchev–Trinajstić information content (AvgIpc) is 2.03. The van der Waals surface area contributed by atoms with E-state index < -0.39 is 10.8 Å². The van der Waals surface area contributed by atoms with Crippen LogP contribution in [0, 0.1) is 0 Å². The van der Waals surface area contributed by atoms with E-state index in [2.05, 4.69) is 0 Å². The molecule has 0 aromatic rings. The molecule has 0 aliphatic rings. The molecule has 0 aromatic carbocycles. The van der Waals surface area contributed by atoms with Crippen LogP contribution in [0.15, 0.2) is 20.9 Å². The highest BCUT2D eigenvalue weighted by Crippen LogP contribution is 2.11. The fourth-order valence-corrected chi connectivity index (χ4v) is 1.89. The molecule has 0 saturated carbocycles. The molecule has 70 valence electrons. The van der Waals surface area contributed by atoms with Crippen molar-refractivity contribution in [1.82, 2.24) is 0 Å². The quantitative estimate of drug-likeness (QED) is 0.715. The van der Waals surface area contributed by atoms with Crippen LogP contribution in [0.25, 0.3) is 0 Å². The van der Waals surface area contributed by atoms with Gasteiger partial charge in [-0.05, 0) is 12.8 Å². The molecular weight excluding hydrogens is 215 g/mol. The van der Waals surface area contributed by atoms with Crippen molar-refractivity contribution in [2.24, 2.45) is 0 Å². The van der Waals surface area contributed by atoms with Gasteiger partial charge in [0, 0.05) is 20.9 Å². The monoisotopic (exact) mass is 226 g/mol. The van der Waals surface area contributed by atoms with E-state index in [0.717, 1.165) is 0 Å². The highest BCUT2D eigenvalue weighted by molar-refractivity contribution is 7.91. The molecule has 1 nitrogen and oxygen atoms in total. The summed E-state index contributed by atoms with van der Waals surface area (Å²) in [5.74, 6) is 0. The van der Waals surface area contributed by atoms with Gasteiger partial charge in [-0.1, -0.05) is 37.0 Å². The standard InChI is InChI=1S/C8H12Cl2OS/c1-3-7(9)5-12(11)6-8(10)4-2/h5-6H,3-4H2,1-2H3. The zero-order valence-corrected chi connectivity index (χ0v) is 9.47. The van der Waals surface area contributed by atoms with Crippen LogP contribution in [0.1, 0.15) is 26.7 Å². The van der Waals surface area contributed by atoms with Crippen LogP contribution in [0.4, 0.5) is 0 Å². The van der Waals surface area contributed by atoms with Gasteiger partial charge in [0.1, 0.15) is 0 Å². The van der Waals surface area contributed by atoms with Crippen molar-refractivity contribution >= 4 is 34.0 Å². The highest BCUT2D eigenvalue weighted by atomic mass is 35.5. The Kier molecular flexibility index (Phi) is 6.81. The van der Waals surface area contributed by atoms with Gasteiger partial charge in [-0.15, -0.1) is 0 Å². The van der Waals surface area contributed by atoms with Crippen molar-refractivity contribution in [1.29, 1.82) is 0 Å². The van der Waals surface area contributed by atoms with Crippen LogP contribution >= 0.6 is 23.2 Å². The third-order valence-corrected chi connectivity index (χ3v) is 3.21. The summed E-state index contributed by atoms with van der Waals surface area (Å²) < 4.78 is 11.2. The number of rotatable bonds is 4. The minimum Gasteiger partial charge on any atom is -0.250 e. The van der Waals surface area contributed by atoms with E-state index >= 15 is 0 Å². The molecule has 0 amide bonds. The Bertz CT molecular complexity index is 199. The van der Waals surface area contributed by atoms with E-state index in [1.54, 1.807) is 0 Å². The van der Waals surface area contributed by atoms with Gasteiger partial charge in [-0.25, -0.2) is 0 Å². The normalized spacial score (nSPS) is 16.3. The Balaban J connectivity index is 4.24. The van der Waals surface area contributed by atoms with Gasteiger partial charge >= 0.3 is 0 Å². The van der Waals surface area contributed by atoms with Crippen molar-refractivity contribution < 1.29 is 4.21 Å². The molecule has 0 spiro atoms. The van der Waals surface area contributed by atoms with Crippen LogP contribution in [0.2, 0.25) is 0 Å². The largest absolute Gasteiger partial charge is 0.250 e. The number of halogens is 2. The van der Waals surface area contributed by atoms with Gasteiger partial charge in [0.15, 0.2) is 0 Å². The average molecular weight is 227 g/mol. The van der Waals surface area contributed by atoms with Crippen LogP contribution in [-0.4, -0.2) is 4.21 Å². The molecule has 4 heteroatoms. The van der Waals surface area contributed by atoms with Crippen molar-refractivity contribution in [2.45, 2.75) is 26.7 Å². The Hall–Kier alpha value is 0.210. The number of allylic oxidation sites excluding steroid dienone is 2. The predicted molar refractivity (Wildman–Crippen MR) is 56.6 cm³/mol. The molecular formula is C8H12Cl2OS. The summed E-state index contributed by atoms with van der Waals surface area (Å²) in [5, 5.41) is 4.20. The SMILES string of the molecule is CCC(Cl)=CS(=O)C=C(Cl)CC. The van der Waals surface area contributed by atoms with Crippen molar-refractivity contribution in [3.63, 3.8) is 0 Å². The first-order valence-corrected chi connectivity index (χ1v) is 5.75. The summed E-state index contributed by atoms with van der Waals surface area (Å²) in [4.78, 5) is 0. The summed E-state index contributed by atoms with van der Waals surface area (Å²) in [5.41, 5.74) is 0. The van der Waals surface area contributed by atoms with Crippen LogP contribution in [0.3, 0.4) is 0 Å². The molecule has 12 heavy (non-hydrogen) atoms. The minimum atomic E-state index is -1.17. The van der Waals surface area contributed by atoms with Gasteiger partial charge in [0.25, 0.3) is 0 Å². The Morgan fingerprint density at radius 1 is 1.17 bits per heavy atom. The summed E-state index contributed by atoms with van der Waals surface area (Å²) in [6.45, 7) is 3.81. The molecule has 0 saturated heterocycles. The van der Waals surface area contributed by atoms with E-state index in [-0.39, 0.29) is 0 Å². The second-order valence-electron chi connectivity index (χ2n) is 2.17. The second-order valence-corrected chi connectivity index (χ2v) is 4.26. The molecule has 0 unspecified atom stereocenters. The van der Waals surface area contributed by atoms with Gasteiger partial charge in [-0.2, -0.15) is 0 Å². The van der Waals surface area contributed by atoms with E-state index in [1.165, 1.54) is 10.8 Å². The van der Waals surface area contributed by atoms with E-state index in [0.29, 0.717) is 22.9 Å². The molecule has 0 aliphatic carbocycles. The van der Waals surface area contributed by atoms with E-state index in [9.17, 15) is 4.21 Å². The predicted octanol–water partition coefficient (Wildman–Crippen LogP) is 3.72. The Morgan fingerprint density at radius 2 is 1.50 bits per heavy atom. The maximum atomic E-state index is 11.2. The first-order valence-electron chi connectivity index (χ1n) is 3.71. The number of hydrogen-bond acceptors (Lipinski definition) is 1. The first-order chi connectivity index (χ1) is 5.60. The molecule has 0 N–H and O–H groups in total. The lowest BCUT2D eigenvalue weighted by atomic mass is 10.5. The van der Waals surface area contributed by atoms with E-state index in [1.807, 2.05) is 13.8 Å². The molecule has 0 fully saturated rings. The molecule has 0 heterocycles. The topological polar surface area (TPSA) is 17.1 Å². The van der Waals surface area contributed by atoms with Crippen molar-refractivity contribution in [3.8, 4) is 0 Å². The lowest BCUT2D eigenvalue weighted by Gasteiger charge is -1.92. The molecule has 0 aromatic heterocycles. The zero-order chi connectivity index (χ0) is 9.56. The summed E-state index contributed by atoms with van der Waals surface area (Å²) in [6, 6.07) is 0. The van der Waals surface area contributed by atoms with Gasteiger partial charge in [0.05, 0.1) is 10.8 Å². The van der Waals surface area contributed by atoms with Gasteiger partial charge in [-0.3, -0.25) is 4.21 Å². The smallest absolute Gasteiger partial charge is 0.0725 e. The lowest BCUT2D eigenvalue weighted by Crippen LogP contribution is -1.80. The van der Waals surface area contributed by atoms with Crippen LogP contribution in [-0.2, 0) is 10.8 Å². The highest BCUT2D eigenvalue weighted by Gasteiger charge is 1.94. The maximum absolute atomic E-state index is 11.2. The number of hydrogen-bond donors (Lipinski definition) is 0. The fourth-order valence-electron chi connectivity index (χ4n) is 0.453. The fraction of sp³-hybridized carbons (Fsp3) is 0.500. The zero-order valence-electron chi connectivity index (χ0n) is 7.14. The third kappa shape index (κ3) is 5.81. The minimum absolute atomic E-state index is 0.602. The Morgan fingerprint density at radius 3 is 1.75 bits per heavy atom. The molecule has 0 aliphatic heterocycles. The first kappa shape index (κ1) is 12.2. The van der Waals surface area contributed by atoms with E-state index in [4.69, 9.17) is 23.2 Å². The van der Waals surface area contributed by atoms with Gasteiger partial charge < -0.3 is 0 Å². The second kappa shape index (κ2) is 6.70. The van der Waals surface area contributed by atoms with Crippen LogP contribution in [0.5, 0.6) is 0 Å². The lowest BCUT2D eigenvalue weighted by molar-refractivity contribution is 0.693. The molecule has 0 radical (unpaired) electrons. The third-order valence-electron chi connectivity index (χ3n) is 1.16. The van der Waals surface area contributed by atoms with Crippen LogP contribution < -0.4 is 0 Å². The molecule has 0 atom stereocenters. The molecule has 0 bridgehead atoms. The summed E-state index contributed by atoms with van der Waals surface area (Å²) >= 11 is 11.4. The maximum Gasteiger partial charge on any atom is 0.0725 e. The van der Waals surface area contributed by atoms with Crippen molar-refractivity contribution in [3.05, 3.63) is 20.9 Å². The Labute approximate surface area is 85.9 Å². The molecule has 0 rings (SSSR count). The van der Waals surface area contributed by atoms with Crippen molar-refractivity contribution in [2.75, 3.05) is 0 Å². The van der Waals surface area contributed by atoms with Gasteiger partial charge in [0.2, 0.25) is 0 Å². The summed E-state index contributed by atoms with van der Waals surface area (Å²) in [6.07, 6.45) is 1.40. The summed E-state index contributed by atoms with van der Waals surface area (Å²) in [7, 11) is -1.17.